The van der Waals surface area contributed by atoms with Crippen LogP contribution in [0, 0.1) is 5.92 Å². The summed E-state index contributed by atoms with van der Waals surface area (Å²) in [4.78, 5) is 8.63. The molecule has 1 aliphatic rings. The maximum absolute atomic E-state index is 12.5. The van der Waals surface area contributed by atoms with E-state index in [1.807, 2.05) is 36.5 Å². The van der Waals surface area contributed by atoms with E-state index in [2.05, 4.69) is 19.3 Å². The molecule has 0 fully saturated rings. The van der Waals surface area contributed by atoms with Crippen molar-refractivity contribution in [1.82, 2.24) is 19.3 Å². The molecule has 1 atom stereocenters. The van der Waals surface area contributed by atoms with Gasteiger partial charge in [0.1, 0.15) is 5.82 Å². The number of hydrogen-bond donors (Lipinski definition) is 1. The minimum absolute atomic E-state index is 0.0512. The fourth-order valence-corrected chi connectivity index (χ4v) is 4.62. The highest BCUT2D eigenvalue weighted by molar-refractivity contribution is 7.88. The topological polar surface area (TPSA) is 76.9 Å². The van der Waals surface area contributed by atoms with Crippen LogP contribution < -0.4 is 4.72 Å². The predicted molar refractivity (Wildman–Crippen MR) is 96.4 cm³/mol. The first-order chi connectivity index (χ1) is 12.1. The molecule has 0 saturated heterocycles. The number of rotatable bonds is 5. The van der Waals surface area contributed by atoms with Crippen molar-refractivity contribution < 1.29 is 8.42 Å². The normalized spacial score (nSPS) is 17.5. The van der Waals surface area contributed by atoms with E-state index in [4.69, 9.17) is 0 Å². The van der Waals surface area contributed by atoms with Crippen LogP contribution >= 0.6 is 0 Å². The average Bonchev–Trinajstić information content (AvgIpc) is 3.08. The highest BCUT2D eigenvalue weighted by Crippen LogP contribution is 2.20. The summed E-state index contributed by atoms with van der Waals surface area (Å²) in [6.45, 7) is 1.27. The number of pyridine rings is 1. The molecule has 0 bridgehead atoms. The second kappa shape index (κ2) is 6.57. The average molecular weight is 356 g/mol. The van der Waals surface area contributed by atoms with Gasteiger partial charge in [-0.15, -0.1) is 0 Å². The van der Waals surface area contributed by atoms with Crippen LogP contribution in [0.15, 0.2) is 48.9 Å². The van der Waals surface area contributed by atoms with Gasteiger partial charge in [-0.05, 0) is 24.0 Å². The summed E-state index contributed by atoms with van der Waals surface area (Å²) in [6, 6.07) is 9.43. The van der Waals surface area contributed by atoms with Crippen molar-refractivity contribution in [3.8, 4) is 0 Å². The van der Waals surface area contributed by atoms with Crippen molar-refractivity contribution in [2.24, 2.45) is 5.92 Å². The largest absolute Gasteiger partial charge is 0.335 e. The van der Waals surface area contributed by atoms with Crippen molar-refractivity contribution in [2.45, 2.75) is 25.1 Å². The number of hydrogen-bond acceptors (Lipinski definition) is 4. The molecule has 25 heavy (non-hydrogen) atoms. The van der Waals surface area contributed by atoms with Gasteiger partial charge < -0.3 is 4.57 Å². The Morgan fingerprint density at radius 1 is 1.16 bits per heavy atom. The predicted octanol–water partition coefficient (Wildman–Crippen LogP) is 2.11. The van der Waals surface area contributed by atoms with Crippen molar-refractivity contribution in [1.29, 1.82) is 0 Å². The summed E-state index contributed by atoms with van der Waals surface area (Å²) in [5, 5.41) is 0.954. The lowest BCUT2D eigenvalue weighted by Gasteiger charge is -2.24. The fraction of sp³-hybridized carbons (Fsp3) is 0.333. The standard InChI is InChI=1S/C18H20N4O2S/c23-25(24,13-16-4-1-3-15-5-2-8-20-18(15)16)21-11-14-6-7-17-19-9-10-22(17)12-14/h1-5,8-10,14,21H,6-7,11-13H2/t14-/m0/s1. The maximum Gasteiger partial charge on any atom is 0.215 e. The van der Waals surface area contributed by atoms with E-state index in [1.54, 1.807) is 12.4 Å². The van der Waals surface area contributed by atoms with Gasteiger partial charge in [0.15, 0.2) is 0 Å². The van der Waals surface area contributed by atoms with Gasteiger partial charge in [-0.2, -0.15) is 0 Å². The zero-order valence-corrected chi connectivity index (χ0v) is 14.6. The molecule has 6 nitrogen and oxygen atoms in total. The van der Waals surface area contributed by atoms with Crippen LogP contribution in [-0.4, -0.2) is 29.5 Å². The van der Waals surface area contributed by atoms with Crippen LogP contribution in [0.5, 0.6) is 0 Å². The number of nitrogens with zero attached hydrogens (tertiary/aromatic N) is 3. The molecule has 0 aliphatic carbocycles. The number of para-hydroxylation sites is 1. The summed E-state index contributed by atoms with van der Waals surface area (Å²) in [5.41, 5.74) is 1.47. The van der Waals surface area contributed by atoms with Gasteiger partial charge in [-0.1, -0.05) is 24.3 Å². The molecule has 0 amide bonds. The number of aromatic nitrogens is 3. The summed E-state index contributed by atoms with van der Waals surface area (Å²) in [7, 11) is -3.40. The van der Waals surface area contributed by atoms with E-state index >= 15 is 0 Å². The molecule has 3 heterocycles. The van der Waals surface area contributed by atoms with Crippen molar-refractivity contribution in [2.75, 3.05) is 6.54 Å². The van der Waals surface area contributed by atoms with Crippen LogP contribution in [0.4, 0.5) is 0 Å². The van der Waals surface area contributed by atoms with E-state index < -0.39 is 10.0 Å². The number of nitrogens with one attached hydrogen (secondary N) is 1. The Labute approximate surface area is 147 Å². The molecule has 2 aromatic heterocycles. The highest BCUT2D eigenvalue weighted by atomic mass is 32.2. The van der Waals surface area contributed by atoms with Gasteiger partial charge in [0.2, 0.25) is 10.0 Å². The highest BCUT2D eigenvalue weighted by Gasteiger charge is 2.21. The summed E-state index contributed by atoms with van der Waals surface area (Å²) in [6.07, 6.45) is 7.30. The Bertz CT molecular complexity index is 992. The van der Waals surface area contributed by atoms with Crippen LogP contribution in [0.1, 0.15) is 17.8 Å². The third-order valence-electron chi connectivity index (χ3n) is 4.69. The van der Waals surface area contributed by atoms with Crippen LogP contribution in [-0.2, 0) is 28.7 Å². The Balaban J connectivity index is 1.44. The van der Waals surface area contributed by atoms with Gasteiger partial charge >= 0.3 is 0 Å². The van der Waals surface area contributed by atoms with E-state index in [0.717, 1.165) is 41.7 Å². The first-order valence-electron chi connectivity index (χ1n) is 8.41. The zero-order valence-electron chi connectivity index (χ0n) is 13.8. The molecule has 3 aromatic rings. The van der Waals surface area contributed by atoms with E-state index in [1.165, 1.54) is 0 Å². The minimum atomic E-state index is -3.40. The van der Waals surface area contributed by atoms with Gasteiger partial charge in [0.25, 0.3) is 0 Å². The summed E-state index contributed by atoms with van der Waals surface area (Å²) in [5.74, 6) is 1.33. The Hall–Kier alpha value is -2.25. The monoisotopic (exact) mass is 356 g/mol. The molecule has 1 aromatic carbocycles. The maximum atomic E-state index is 12.5. The number of benzene rings is 1. The van der Waals surface area contributed by atoms with E-state index in [0.29, 0.717) is 12.5 Å². The Morgan fingerprint density at radius 3 is 2.96 bits per heavy atom. The Morgan fingerprint density at radius 2 is 2.04 bits per heavy atom. The third-order valence-corrected chi connectivity index (χ3v) is 5.98. The molecule has 130 valence electrons. The molecule has 0 spiro atoms. The van der Waals surface area contributed by atoms with E-state index in [-0.39, 0.29) is 5.75 Å². The van der Waals surface area contributed by atoms with Crippen molar-refractivity contribution >= 4 is 20.9 Å². The SMILES string of the molecule is O=S(=O)(Cc1cccc2cccnc12)NC[C@@H]1CCc2nccn2C1. The fourth-order valence-electron chi connectivity index (χ4n) is 3.39. The van der Waals surface area contributed by atoms with E-state index in [9.17, 15) is 8.42 Å². The second-order valence-corrected chi connectivity index (χ2v) is 8.31. The first kappa shape index (κ1) is 16.2. The lowest BCUT2D eigenvalue weighted by molar-refractivity contribution is 0.363. The molecule has 0 radical (unpaired) electrons. The molecule has 1 aliphatic heterocycles. The molecule has 1 N–H and O–H groups in total. The van der Waals surface area contributed by atoms with Crippen molar-refractivity contribution in [3.63, 3.8) is 0 Å². The molecule has 7 heteroatoms. The van der Waals surface area contributed by atoms with Crippen LogP contribution in [0.2, 0.25) is 0 Å². The number of sulfonamides is 1. The zero-order chi connectivity index (χ0) is 17.3. The molecular formula is C18H20N4O2S. The third kappa shape index (κ3) is 3.57. The van der Waals surface area contributed by atoms with Crippen molar-refractivity contribution in [3.05, 3.63) is 60.3 Å². The van der Waals surface area contributed by atoms with Gasteiger partial charge in [0.05, 0.1) is 11.3 Å². The van der Waals surface area contributed by atoms with Gasteiger partial charge in [-0.25, -0.2) is 18.1 Å². The van der Waals surface area contributed by atoms with Crippen LogP contribution in [0.25, 0.3) is 10.9 Å². The molecule has 4 rings (SSSR count). The molecule has 0 unspecified atom stereocenters. The minimum Gasteiger partial charge on any atom is -0.335 e. The second-order valence-electron chi connectivity index (χ2n) is 6.50. The summed E-state index contributed by atoms with van der Waals surface area (Å²) < 4.78 is 29.9. The number of imidazole rings is 1. The quantitative estimate of drug-likeness (QED) is 0.760. The lowest BCUT2D eigenvalue weighted by Crippen LogP contribution is -2.34. The number of aryl methyl sites for hydroxylation is 1. The first-order valence-corrected chi connectivity index (χ1v) is 10.1. The van der Waals surface area contributed by atoms with Crippen LogP contribution in [0.3, 0.4) is 0 Å². The van der Waals surface area contributed by atoms with Gasteiger partial charge in [0, 0.05) is 43.5 Å². The Kier molecular flexibility index (Phi) is 4.27. The smallest absolute Gasteiger partial charge is 0.215 e. The molecule has 0 saturated carbocycles. The molecular weight excluding hydrogens is 336 g/mol. The number of fused-ring (bicyclic) bond motifs is 2. The summed E-state index contributed by atoms with van der Waals surface area (Å²) >= 11 is 0. The lowest BCUT2D eigenvalue weighted by atomic mass is 10.00. The van der Waals surface area contributed by atoms with Gasteiger partial charge in [-0.3, -0.25) is 4.98 Å².